The lowest BCUT2D eigenvalue weighted by Gasteiger charge is -2.13. The van der Waals surface area contributed by atoms with Crippen LogP contribution in [0.2, 0.25) is 0 Å². The molecule has 34 heavy (non-hydrogen) atoms. The fraction of sp³-hybridized carbons (Fsp3) is 0. The average Bonchev–Trinajstić information content (AvgIpc) is 2.92. The normalized spacial score (nSPS) is 11.5. The third-order valence-electron chi connectivity index (χ3n) is 6.48. The number of rotatable bonds is 2. The van der Waals surface area contributed by atoms with Crippen LogP contribution in [0.5, 0.6) is 0 Å². The number of aromatic nitrogens is 3. The quantitative estimate of drug-likeness (QED) is 0.261. The second-order valence-electron chi connectivity index (χ2n) is 8.49. The summed E-state index contributed by atoms with van der Waals surface area (Å²) in [6.07, 6.45) is 1.90. The van der Waals surface area contributed by atoms with Crippen molar-refractivity contribution in [2.24, 2.45) is 0 Å². The van der Waals surface area contributed by atoms with Crippen LogP contribution in [0.3, 0.4) is 0 Å². The van der Waals surface area contributed by atoms with Gasteiger partial charge in [-0.2, -0.15) is 0 Å². The van der Waals surface area contributed by atoms with Crippen LogP contribution in [0.4, 0.5) is 0 Å². The first-order valence-electron chi connectivity index (χ1n) is 11.4. The van der Waals surface area contributed by atoms with Crippen LogP contribution in [0.15, 0.2) is 115 Å². The van der Waals surface area contributed by atoms with Gasteiger partial charge >= 0.3 is 0 Å². The summed E-state index contributed by atoms with van der Waals surface area (Å²) in [7, 11) is 0. The third-order valence-corrected chi connectivity index (χ3v) is 6.48. The fourth-order valence-corrected chi connectivity index (χ4v) is 4.88. The molecule has 0 atom stereocenters. The second-order valence-corrected chi connectivity index (χ2v) is 8.49. The van der Waals surface area contributed by atoms with Crippen molar-refractivity contribution >= 4 is 43.5 Å². The standard InChI is InChI=1S/C31H19N3/c1-3-9-20(10-4-1)26-18-16-22-15-17-25-28-23-13-7-8-14-24(23)29(21-11-5-2-6-12-21)34-27(28)19-32-31(25)30(22)33-26/h1-19H. The Balaban J connectivity index is 1.58. The molecule has 7 aromatic rings. The van der Waals surface area contributed by atoms with Crippen LogP contribution in [-0.2, 0) is 0 Å². The number of hydrogen-bond donors (Lipinski definition) is 0. The lowest BCUT2D eigenvalue weighted by molar-refractivity contribution is 1.35. The van der Waals surface area contributed by atoms with E-state index < -0.39 is 0 Å². The zero-order valence-electron chi connectivity index (χ0n) is 18.3. The Kier molecular flexibility index (Phi) is 4.15. The molecule has 0 amide bonds. The van der Waals surface area contributed by atoms with E-state index in [1.165, 1.54) is 5.39 Å². The van der Waals surface area contributed by atoms with E-state index in [0.717, 1.165) is 60.6 Å². The van der Waals surface area contributed by atoms with Gasteiger partial charge in [-0.1, -0.05) is 103 Å². The molecular weight excluding hydrogens is 414 g/mol. The van der Waals surface area contributed by atoms with Gasteiger partial charge in [0.1, 0.15) is 0 Å². The maximum Gasteiger partial charge on any atom is 0.0972 e. The Morgan fingerprint density at radius 3 is 1.94 bits per heavy atom. The van der Waals surface area contributed by atoms with Crippen molar-refractivity contribution in [3.8, 4) is 22.5 Å². The lowest BCUT2D eigenvalue weighted by atomic mass is 9.97. The zero-order chi connectivity index (χ0) is 22.5. The van der Waals surface area contributed by atoms with Crippen molar-refractivity contribution in [1.29, 1.82) is 0 Å². The van der Waals surface area contributed by atoms with Crippen LogP contribution in [0.1, 0.15) is 0 Å². The van der Waals surface area contributed by atoms with E-state index in [1.54, 1.807) is 0 Å². The number of nitrogens with zero attached hydrogens (tertiary/aromatic N) is 3. The Bertz CT molecular complexity index is 1840. The van der Waals surface area contributed by atoms with Crippen LogP contribution >= 0.6 is 0 Å². The zero-order valence-corrected chi connectivity index (χ0v) is 18.3. The van der Waals surface area contributed by atoms with Gasteiger partial charge in [0, 0.05) is 32.7 Å². The summed E-state index contributed by atoms with van der Waals surface area (Å²) in [6.45, 7) is 0. The topological polar surface area (TPSA) is 38.7 Å². The molecule has 0 radical (unpaired) electrons. The van der Waals surface area contributed by atoms with Gasteiger partial charge in [-0.25, -0.2) is 9.97 Å². The maximum atomic E-state index is 5.09. The largest absolute Gasteiger partial charge is 0.252 e. The number of hydrogen-bond acceptors (Lipinski definition) is 3. The molecule has 0 saturated heterocycles. The fourth-order valence-electron chi connectivity index (χ4n) is 4.88. The van der Waals surface area contributed by atoms with Crippen molar-refractivity contribution < 1.29 is 0 Å². The van der Waals surface area contributed by atoms with Gasteiger partial charge < -0.3 is 0 Å². The first-order chi connectivity index (χ1) is 16.9. The smallest absolute Gasteiger partial charge is 0.0972 e. The molecule has 0 bridgehead atoms. The Morgan fingerprint density at radius 1 is 0.471 bits per heavy atom. The van der Waals surface area contributed by atoms with Crippen LogP contribution < -0.4 is 0 Å². The highest BCUT2D eigenvalue weighted by atomic mass is 14.8. The van der Waals surface area contributed by atoms with E-state index in [4.69, 9.17) is 15.0 Å². The molecule has 0 aliphatic carbocycles. The molecule has 7 rings (SSSR count). The molecule has 0 saturated carbocycles. The Labute approximate surface area is 196 Å². The minimum Gasteiger partial charge on any atom is -0.252 e. The van der Waals surface area contributed by atoms with Gasteiger partial charge in [-0.05, 0) is 11.5 Å². The van der Waals surface area contributed by atoms with E-state index in [0.29, 0.717) is 0 Å². The van der Waals surface area contributed by atoms with Gasteiger partial charge in [0.15, 0.2) is 0 Å². The van der Waals surface area contributed by atoms with Gasteiger partial charge in [0.25, 0.3) is 0 Å². The first-order valence-corrected chi connectivity index (χ1v) is 11.4. The summed E-state index contributed by atoms with van der Waals surface area (Å²) < 4.78 is 0. The van der Waals surface area contributed by atoms with Crippen molar-refractivity contribution in [2.75, 3.05) is 0 Å². The van der Waals surface area contributed by atoms with Crippen LogP contribution in [0, 0.1) is 0 Å². The molecule has 0 spiro atoms. The van der Waals surface area contributed by atoms with E-state index in [2.05, 4.69) is 84.9 Å². The Hall–Kier alpha value is -4.63. The highest BCUT2D eigenvalue weighted by Gasteiger charge is 2.15. The van der Waals surface area contributed by atoms with E-state index in [1.807, 2.05) is 30.5 Å². The second kappa shape index (κ2) is 7.46. The maximum absolute atomic E-state index is 5.09. The van der Waals surface area contributed by atoms with E-state index >= 15 is 0 Å². The van der Waals surface area contributed by atoms with Gasteiger partial charge in [-0.3, -0.25) is 4.98 Å². The average molecular weight is 434 g/mol. The van der Waals surface area contributed by atoms with Crippen LogP contribution in [0.25, 0.3) is 66.0 Å². The van der Waals surface area contributed by atoms with Crippen molar-refractivity contribution in [2.45, 2.75) is 0 Å². The highest BCUT2D eigenvalue weighted by Crippen LogP contribution is 2.37. The summed E-state index contributed by atoms with van der Waals surface area (Å²) in [5.41, 5.74) is 6.85. The third kappa shape index (κ3) is 2.87. The molecule has 3 heteroatoms. The van der Waals surface area contributed by atoms with Crippen molar-refractivity contribution in [1.82, 2.24) is 15.0 Å². The number of pyridine rings is 3. The Morgan fingerprint density at radius 2 is 1.15 bits per heavy atom. The molecule has 0 fully saturated rings. The van der Waals surface area contributed by atoms with Crippen molar-refractivity contribution in [3.63, 3.8) is 0 Å². The summed E-state index contributed by atoms with van der Waals surface area (Å²) >= 11 is 0. The molecule has 4 aromatic carbocycles. The van der Waals surface area contributed by atoms with E-state index in [9.17, 15) is 0 Å². The minimum absolute atomic E-state index is 0.892. The summed E-state index contributed by atoms with van der Waals surface area (Å²) in [5.74, 6) is 0. The molecule has 0 unspecified atom stereocenters. The van der Waals surface area contributed by atoms with Gasteiger partial charge in [0.2, 0.25) is 0 Å². The predicted molar refractivity (Wildman–Crippen MR) is 141 cm³/mol. The number of fused-ring (bicyclic) bond motifs is 7. The molecule has 3 nitrogen and oxygen atoms in total. The van der Waals surface area contributed by atoms with Gasteiger partial charge in [-0.15, -0.1) is 0 Å². The van der Waals surface area contributed by atoms with Crippen molar-refractivity contribution in [3.05, 3.63) is 115 Å². The molecule has 158 valence electrons. The molecule has 0 N–H and O–H groups in total. The molecule has 0 aliphatic rings. The van der Waals surface area contributed by atoms with Crippen LogP contribution in [-0.4, -0.2) is 15.0 Å². The summed E-state index contributed by atoms with van der Waals surface area (Å²) in [4.78, 5) is 15.0. The van der Waals surface area contributed by atoms with E-state index in [-0.39, 0.29) is 0 Å². The molecule has 0 aliphatic heterocycles. The monoisotopic (exact) mass is 433 g/mol. The highest BCUT2D eigenvalue weighted by molar-refractivity contribution is 6.23. The number of benzene rings is 4. The first kappa shape index (κ1) is 18.9. The predicted octanol–water partition coefficient (Wildman–Crippen LogP) is 7.82. The molecule has 3 heterocycles. The lowest BCUT2D eigenvalue weighted by Crippen LogP contribution is -1.94. The molecule has 3 aromatic heterocycles. The van der Waals surface area contributed by atoms with Gasteiger partial charge in [0.05, 0.1) is 34.1 Å². The summed E-state index contributed by atoms with van der Waals surface area (Å²) in [6, 6.07) is 37.6. The minimum atomic E-state index is 0.892. The summed E-state index contributed by atoms with van der Waals surface area (Å²) in [5, 5.41) is 5.59. The molecular formula is C31H19N3. The SMILES string of the molecule is c1ccc(-c2ccc3ccc4c(ncc5nc(-c6ccccc6)c6ccccc6c54)c3n2)cc1.